The summed E-state index contributed by atoms with van der Waals surface area (Å²) >= 11 is 0. The van der Waals surface area contributed by atoms with Crippen molar-refractivity contribution in [2.45, 2.75) is 25.8 Å². The molecule has 0 aliphatic heterocycles. The Labute approximate surface area is 89.5 Å². The topological polar surface area (TPSA) is 52.0 Å². The summed E-state index contributed by atoms with van der Waals surface area (Å²) in [7, 11) is 0. The largest absolute Gasteiger partial charge is 0.330 e. The first-order valence-electron chi connectivity index (χ1n) is 5.31. The van der Waals surface area contributed by atoms with Crippen LogP contribution in [0.25, 0.3) is 0 Å². The van der Waals surface area contributed by atoms with Crippen LogP contribution in [0.1, 0.15) is 30.0 Å². The second-order valence-corrected chi connectivity index (χ2v) is 4.55. The van der Waals surface area contributed by atoms with Crippen LogP contribution in [0, 0.1) is 18.2 Å². The molecule has 2 rings (SSSR count). The SMILES string of the molecule is Cc1cc(C(N)C2(CN)CC2)ccc1F. The summed E-state index contributed by atoms with van der Waals surface area (Å²) in [4.78, 5) is 0. The quantitative estimate of drug-likeness (QED) is 0.796. The molecule has 1 atom stereocenters. The smallest absolute Gasteiger partial charge is 0.126 e. The van der Waals surface area contributed by atoms with Gasteiger partial charge < -0.3 is 11.5 Å². The monoisotopic (exact) mass is 208 g/mol. The van der Waals surface area contributed by atoms with Crippen molar-refractivity contribution in [3.63, 3.8) is 0 Å². The van der Waals surface area contributed by atoms with Gasteiger partial charge in [0.2, 0.25) is 0 Å². The van der Waals surface area contributed by atoms with Gasteiger partial charge in [-0.15, -0.1) is 0 Å². The lowest BCUT2D eigenvalue weighted by Crippen LogP contribution is -2.29. The molecule has 0 spiro atoms. The molecule has 0 amide bonds. The molecule has 1 aliphatic carbocycles. The molecular weight excluding hydrogens is 191 g/mol. The minimum atomic E-state index is -0.177. The van der Waals surface area contributed by atoms with E-state index in [-0.39, 0.29) is 17.3 Å². The van der Waals surface area contributed by atoms with Crippen molar-refractivity contribution < 1.29 is 4.39 Å². The molecule has 1 aromatic rings. The zero-order valence-electron chi connectivity index (χ0n) is 8.96. The third-order valence-corrected chi connectivity index (χ3v) is 3.50. The Hall–Kier alpha value is -0.930. The van der Waals surface area contributed by atoms with Gasteiger partial charge in [-0.2, -0.15) is 0 Å². The van der Waals surface area contributed by atoms with Crippen LogP contribution in [0.2, 0.25) is 0 Å². The third-order valence-electron chi connectivity index (χ3n) is 3.50. The first kappa shape index (κ1) is 10.6. The van der Waals surface area contributed by atoms with Gasteiger partial charge in [0.05, 0.1) is 0 Å². The molecule has 1 aromatic carbocycles. The summed E-state index contributed by atoms with van der Waals surface area (Å²) in [6.07, 6.45) is 2.17. The number of halogens is 1. The number of benzene rings is 1. The molecule has 0 heterocycles. The normalized spacial score (nSPS) is 20.0. The molecule has 0 aromatic heterocycles. The Morgan fingerprint density at radius 1 is 1.47 bits per heavy atom. The lowest BCUT2D eigenvalue weighted by atomic mass is 9.90. The fraction of sp³-hybridized carbons (Fsp3) is 0.500. The zero-order valence-corrected chi connectivity index (χ0v) is 8.96. The van der Waals surface area contributed by atoms with Crippen molar-refractivity contribution >= 4 is 0 Å². The van der Waals surface area contributed by atoms with Gasteiger partial charge in [0.1, 0.15) is 5.82 Å². The number of nitrogens with two attached hydrogens (primary N) is 2. The molecule has 0 radical (unpaired) electrons. The Morgan fingerprint density at radius 2 is 2.13 bits per heavy atom. The van der Waals surface area contributed by atoms with E-state index in [1.54, 1.807) is 13.0 Å². The Kier molecular flexibility index (Phi) is 2.52. The van der Waals surface area contributed by atoms with Gasteiger partial charge in [-0.3, -0.25) is 0 Å². The van der Waals surface area contributed by atoms with Gasteiger partial charge in [-0.25, -0.2) is 4.39 Å². The van der Waals surface area contributed by atoms with Crippen LogP contribution in [-0.2, 0) is 0 Å². The standard InChI is InChI=1S/C12H17FN2/c1-8-6-9(2-3-10(8)13)11(15)12(7-14)4-5-12/h2-3,6,11H,4-5,7,14-15H2,1H3. The highest BCUT2D eigenvalue weighted by Crippen LogP contribution is 2.52. The highest BCUT2D eigenvalue weighted by molar-refractivity contribution is 5.29. The van der Waals surface area contributed by atoms with E-state index in [1.165, 1.54) is 6.07 Å². The van der Waals surface area contributed by atoms with Gasteiger partial charge in [0.15, 0.2) is 0 Å². The Bertz CT molecular complexity index is 372. The minimum Gasteiger partial charge on any atom is -0.330 e. The average molecular weight is 208 g/mol. The number of hydrogen-bond acceptors (Lipinski definition) is 2. The lowest BCUT2D eigenvalue weighted by molar-refractivity contribution is 0.418. The van der Waals surface area contributed by atoms with Crippen LogP contribution >= 0.6 is 0 Å². The predicted molar refractivity (Wildman–Crippen MR) is 58.8 cm³/mol. The van der Waals surface area contributed by atoms with E-state index in [4.69, 9.17) is 11.5 Å². The van der Waals surface area contributed by atoms with E-state index in [0.29, 0.717) is 12.1 Å². The van der Waals surface area contributed by atoms with E-state index in [9.17, 15) is 4.39 Å². The molecule has 1 fully saturated rings. The number of hydrogen-bond donors (Lipinski definition) is 2. The molecular formula is C12H17FN2. The highest BCUT2D eigenvalue weighted by atomic mass is 19.1. The summed E-state index contributed by atoms with van der Waals surface area (Å²) in [5, 5.41) is 0. The van der Waals surface area contributed by atoms with Gasteiger partial charge in [0.25, 0.3) is 0 Å². The van der Waals surface area contributed by atoms with Gasteiger partial charge in [0, 0.05) is 11.5 Å². The summed E-state index contributed by atoms with van der Waals surface area (Å²) in [6.45, 7) is 2.37. The van der Waals surface area contributed by atoms with E-state index >= 15 is 0 Å². The number of rotatable bonds is 3. The predicted octanol–water partition coefficient (Wildman–Crippen LogP) is 1.87. The van der Waals surface area contributed by atoms with Crippen molar-refractivity contribution in [1.29, 1.82) is 0 Å². The summed E-state index contributed by atoms with van der Waals surface area (Å²) in [6, 6.07) is 5.03. The molecule has 1 aliphatic rings. The first-order valence-corrected chi connectivity index (χ1v) is 5.31. The molecule has 82 valence electrons. The number of aryl methyl sites for hydroxylation is 1. The maximum Gasteiger partial charge on any atom is 0.126 e. The second kappa shape index (κ2) is 3.58. The Balaban J connectivity index is 2.26. The lowest BCUT2D eigenvalue weighted by Gasteiger charge is -2.22. The van der Waals surface area contributed by atoms with E-state index < -0.39 is 0 Å². The van der Waals surface area contributed by atoms with Crippen molar-refractivity contribution in [1.82, 2.24) is 0 Å². The third kappa shape index (κ3) is 1.77. The van der Waals surface area contributed by atoms with Gasteiger partial charge in [-0.05, 0) is 43.5 Å². The molecule has 3 heteroatoms. The second-order valence-electron chi connectivity index (χ2n) is 4.55. The molecule has 0 bridgehead atoms. The van der Waals surface area contributed by atoms with Crippen LogP contribution in [0.4, 0.5) is 4.39 Å². The summed E-state index contributed by atoms with van der Waals surface area (Å²) in [5.41, 5.74) is 13.6. The van der Waals surface area contributed by atoms with E-state index in [1.807, 2.05) is 6.07 Å². The fourth-order valence-corrected chi connectivity index (χ4v) is 2.02. The molecule has 1 saturated carbocycles. The van der Waals surface area contributed by atoms with Crippen molar-refractivity contribution in [2.75, 3.05) is 6.54 Å². The van der Waals surface area contributed by atoms with E-state index in [2.05, 4.69) is 0 Å². The molecule has 2 nitrogen and oxygen atoms in total. The van der Waals surface area contributed by atoms with Crippen LogP contribution in [-0.4, -0.2) is 6.54 Å². The van der Waals surface area contributed by atoms with Crippen LogP contribution < -0.4 is 11.5 Å². The maximum atomic E-state index is 13.1. The minimum absolute atomic E-state index is 0.0539. The Morgan fingerprint density at radius 3 is 2.60 bits per heavy atom. The van der Waals surface area contributed by atoms with Crippen molar-refractivity contribution in [2.24, 2.45) is 16.9 Å². The van der Waals surface area contributed by atoms with Crippen LogP contribution in [0.3, 0.4) is 0 Å². The van der Waals surface area contributed by atoms with E-state index in [0.717, 1.165) is 18.4 Å². The highest BCUT2D eigenvalue weighted by Gasteiger charge is 2.47. The summed E-state index contributed by atoms with van der Waals surface area (Å²) in [5.74, 6) is -0.177. The molecule has 4 N–H and O–H groups in total. The molecule has 15 heavy (non-hydrogen) atoms. The zero-order chi connectivity index (χ0) is 11.1. The average Bonchev–Trinajstić information content (AvgIpc) is 3.02. The van der Waals surface area contributed by atoms with Crippen molar-refractivity contribution in [3.05, 3.63) is 35.1 Å². The van der Waals surface area contributed by atoms with Gasteiger partial charge >= 0.3 is 0 Å². The van der Waals surface area contributed by atoms with Gasteiger partial charge in [-0.1, -0.05) is 12.1 Å². The first-order chi connectivity index (χ1) is 7.09. The maximum absolute atomic E-state index is 13.1. The molecule has 1 unspecified atom stereocenters. The fourth-order valence-electron chi connectivity index (χ4n) is 2.02. The van der Waals surface area contributed by atoms with Crippen LogP contribution in [0.5, 0.6) is 0 Å². The summed E-state index contributed by atoms with van der Waals surface area (Å²) < 4.78 is 13.1. The van der Waals surface area contributed by atoms with Crippen LogP contribution in [0.15, 0.2) is 18.2 Å². The van der Waals surface area contributed by atoms with Crippen molar-refractivity contribution in [3.8, 4) is 0 Å². The molecule has 0 saturated heterocycles.